The summed E-state index contributed by atoms with van der Waals surface area (Å²) in [7, 11) is 0. The maximum atomic E-state index is 11.4. The normalized spacial score (nSPS) is 28.9. The van der Waals surface area contributed by atoms with Crippen LogP contribution in [0.4, 0.5) is 0 Å². The summed E-state index contributed by atoms with van der Waals surface area (Å²) in [5.41, 5.74) is 0. The Morgan fingerprint density at radius 2 is 1.77 bits per heavy atom. The first-order chi connectivity index (χ1) is 6.27. The number of carbonyl (C=O) groups excluding carboxylic acids is 2. The Bertz CT molecular complexity index is 217. The van der Waals surface area contributed by atoms with Crippen molar-refractivity contribution in [2.24, 2.45) is 0 Å². The molecule has 13 heavy (non-hydrogen) atoms. The third kappa shape index (κ3) is 2.06. The van der Waals surface area contributed by atoms with Gasteiger partial charge in [-0.25, -0.2) is 0 Å². The SMILES string of the molecule is O=C1CCCCC(=O)N1C[C@H]1CO1. The fraction of sp³-hybridized carbons (Fsp3) is 0.778. The first-order valence-electron chi connectivity index (χ1n) is 4.72. The second kappa shape index (κ2) is 3.46. The first-order valence-corrected chi connectivity index (χ1v) is 4.72. The van der Waals surface area contributed by atoms with E-state index in [9.17, 15) is 9.59 Å². The number of epoxide rings is 1. The van der Waals surface area contributed by atoms with Crippen LogP contribution in [0.25, 0.3) is 0 Å². The zero-order valence-corrected chi connectivity index (χ0v) is 7.49. The second-order valence-corrected chi connectivity index (χ2v) is 3.56. The monoisotopic (exact) mass is 183 g/mol. The number of imide groups is 1. The van der Waals surface area contributed by atoms with E-state index in [2.05, 4.69) is 0 Å². The molecule has 2 rings (SSSR count). The third-order valence-corrected chi connectivity index (χ3v) is 2.42. The van der Waals surface area contributed by atoms with Crippen LogP contribution in [0, 0.1) is 0 Å². The van der Waals surface area contributed by atoms with Gasteiger partial charge in [-0.05, 0) is 12.8 Å². The molecule has 0 bridgehead atoms. The summed E-state index contributed by atoms with van der Waals surface area (Å²) < 4.78 is 5.00. The fourth-order valence-electron chi connectivity index (χ4n) is 1.54. The van der Waals surface area contributed by atoms with E-state index in [4.69, 9.17) is 4.74 Å². The lowest BCUT2D eigenvalue weighted by Gasteiger charge is -2.16. The molecular formula is C9H13NO3. The molecule has 0 N–H and O–H groups in total. The number of likely N-dealkylation sites (tertiary alicyclic amines) is 1. The molecule has 0 aliphatic carbocycles. The Morgan fingerprint density at radius 3 is 2.23 bits per heavy atom. The Labute approximate surface area is 76.8 Å². The number of nitrogens with zero attached hydrogens (tertiary/aromatic N) is 1. The van der Waals surface area contributed by atoms with Crippen LogP contribution in [0.3, 0.4) is 0 Å². The topological polar surface area (TPSA) is 49.9 Å². The van der Waals surface area contributed by atoms with Gasteiger partial charge in [0.15, 0.2) is 0 Å². The van der Waals surface area contributed by atoms with Crippen molar-refractivity contribution >= 4 is 11.8 Å². The number of rotatable bonds is 2. The molecule has 2 heterocycles. The average molecular weight is 183 g/mol. The van der Waals surface area contributed by atoms with E-state index in [0.29, 0.717) is 26.0 Å². The molecule has 0 saturated carbocycles. The van der Waals surface area contributed by atoms with E-state index in [-0.39, 0.29) is 17.9 Å². The summed E-state index contributed by atoms with van der Waals surface area (Å²) in [4.78, 5) is 24.2. The van der Waals surface area contributed by atoms with Gasteiger partial charge in [-0.1, -0.05) is 0 Å². The lowest BCUT2D eigenvalue weighted by Crippen LogP contribution is -2.37. The molecule has 2 aliphatic rings. The van der Waals surface area contributed by atoms with Gasteiger partial charge in [0, 0.05) is 12.8 Å². The van der Waals surface area contributed by atoms with E-state index < -0.39 is 0 Å². The van der Waals surface area contributed by atoms with Gasteiger partial charge >= 0.3 is 0 Å². The van der Waals surface area contributed by atoms with Crippen LogP contribution in [-0.4, -0.2) is 36.0 Å². The van der Waals surface area contributed by atoms with E-state index in [1.54, 1.807) is 0 Å². The highest BCUT2D eigenvalue weighted by Crippen LogP contribution is 2.17. The standard InChI is InChI=1S/C9H13NO3/c11-8-3-1-2-4-9(12)10(8)5-7-6-13-7/h7H,1-6H2/t7-/m0/s1. The number of hydrogen-bond donors (Lipinski definition) is 0. The number of hydrogen-bond acceptors (Lipinski definition) is 3. The minimum Gasteiger partial charge on any atom is -0.371 e. The van der Waals surface area contributed by atoms with Crippen LogP contribution < -0.4 is 0 Å². The van der Waals surface area contributed by atoms with Crippen LogP contribution in [0.1, 0.15) is 25.7 Å². The highest BCUT2D eigenvalue weighted by atomic mass is 16.6. The minimum atomic E-state index is -0.0296. The Hall–Kier alpha value is -0.900. The van der Waals surface area contributed by atoms with Crippen molar-refractivity contribution < 1.29 is 14.3 Å². The number of amides is 2. The van der Waals surface area contributed by atoms with Crippen molar-refractivity contribution in [3.63, 3.8) is 0 Å². The smallest absolute Gasteiger partial charge is 0.229 e. The maximum absolute atomic E-state index is 11.4. The van der Waals surface area contributed by atoms with Crippen molar-refractivity contribution in [3.05, 3.63) is 0 Å². The van der Waals surface area contributed by atoms with Crippen molar-refractivity contribution in [1.82, 2.24) is 4.90 Å². The molecule has 0 unspecified atom stereocenters. The van der Waals surface area contributed by atoms with Gasteiger partial charge in [0.05, 0.1) is 19.3 Å². The summed E-state index contributed by atoms with van der Waals surface area (Å²) in [6.45, 7) is 1.16. The molecule has 1 atom stereocenters. The van der Waals surface area contributed by atoms with Gasteiger partial charge < -0.3 is 4.74 Å². The third-order valence-electron chi connectivity index (χ3n) is 2.42. The molecule has 0 spiro atoms. The number of ether oxygens (including phenoxy) is 1. The van der Waals surface area contributed by atoms with Crippen molar-refractivity contribution in [2.75, 3.05) is 13.2 Å². The fourth-order valence-corrected chi connectivity index (χ4v) is 1.54. The molecule has 2 saturated heterocycles. The highest BCUT2D eigenvalue weighted by molar-refractivity contribution is 5.96. The first kappa shape index (κ1) is 8.69. The molecule has 4 nitrogen and oxygen atoms in total. The molecule has 0 aromatic rings. The quantitative estimate of drug-likeness (QED) is 0.457. The largest absolute Gasteiger partial charge is 0.371 e. The predicted octanol–water partition coefficient (Wildman–Crippen LogP) is 0.314. The molecule has 2 aliphatic heterocycles. The van der Waals surface area contributed by atoms with Gasteiger partial charge in [-0.2, -0.15) is 0 Å². The van der Waals surface area contributed by atoms with Crippen LogP contribution >= 0.6 is 0 Å². The zero-order valence-electron chi connectivity index (χ0n) is 7.49. The molecule has 0 radical (unpaired) electrons. The van der Waals surface area contributed by atoms with E-state index in [0.717, 1.165) is 12.8 Å². The minimum absolute atomic E-state index is 0.0296. The average Bonchev–Trinajstić information content (AvgIpc) is 2.90. The molecule has 4 heteroatoms. The van der Waals surface area contributed by atoms with E-state index in [1.165, 1.54) is 4.90 Å². The number of carbonyl (C=O) groups is 2. The van der Waals surface area contributed by atoms with E-state index >= 15 is 0 Å². The Kier molecular flexibility index (Phi) is 2.31. The Balaban J connectivity index is 2.00. The van der Waals surface area contributed by atoms with E-state index in [1.807, 2.05) is 0 Å². The van der Waals surface area contributed by atoms with Gasteiger partial charge in [0.2, 0.25) is 11.8 Å². The molecular weight excluding hydrogens is 170 g/mol. The highest BCUT2D eigenvalue weighted by Gasteiger charge is 2.32. The molecule has 0 aromatic carbocycles. The Morgan fingerprint density at radius 1 is 1.23 bits per heavy atom. The molecule has 0 aromatic heterocycles. The van der Waals surface area contributed by atoms with Crippen LogP contribution in [0.15, 0.2) is 0 Å². The molecule has 72 valence electrons. The lowest BCUT2D eigenvalue weighted by molar-refractivity contribution is -0.144. The van der Waals surface area contributed by atoms with Gasteiger partial charge in [0.1, 0.15) is 0 Å². The van der Waals surface area contributed by atoms with Crippen LogP contribution in [0.2, 0.25) is 0 Å². The van der Waals surface area contributed by atoms with Crippen LogP contribution in [0.5, 0.6) is 0 Å². The van der Waals surface area contributed by atoms with Gasteiger partial charge in [-0.15, -0.1) is 0 Å². The maximum Gasteiger partial charge on any atom is 0.229 e. The summed E-state index contributed by atoms with van der Waals surface area (Å²) in [5, 5.41) is 0. The van der Waals surface area contributed by atoms with Crippen molar-refractivity contribution in [1.29, 1.82) is 0 Å². The lowest BCUT2D eigenvalue weighted by atomic mass is 10.2. The van der Waals surface area contributed by atoms with Gasteiger partial charge in [-0.3, -0.25) is 14.5 Å². The van der Waals surface area contributed by atoms with Gasteiger partial charge in [0.25, 0.3) is 0 Å². The predicted molar refractivity (Wildman–Crippen MR) is 44.9 cm³/mol. The molecule has 2 fully saturated rings. The van der Waals surface area contributed by atoms with Crippen LogP contribution in [-0.2, 0) is 14.3 Å². The zero-order chi connectivity index (χ0) is 9.26. The summed E-state index contributed by atoms with van der Waals surface area (Å²) in [6, 6.07) is 0. The summed E-state index contributed by atoms with van der Waals surface area (Å²) in [6.07, 6.45) is 2.82. The summed E-state index contributed by atoms with van der Waals surface area (Å²) >= 11 is 0. The van der Waals surface area contributed by atoms with Crippen molar-refractivity contribution in [2.45, 2.75) is 31.8 Å². The summed E-state index contributed by atoms with van der Waals surface area (Å²) in [5.74, 6) is -0.0593. The molecule has 2 amide bonds. The van der Waals surface area contributed by atoms with Crippen molar-refractivity contribution in [3.8, 4) is 0 Å². The second-order valence-electron chi connectivity index (χ2n) is 3.56.